The fourth-order valence-corrected chi connectivity index (χ4v) is 4.89. The molecule has 1 aliphatic heterocycles. The lowest BCUT2D eigenvalue weighted by Crippen LogP contribution is -2.63. The predicted molar refractivity (Wildman–Crippen MR) is 117 cm³/mol. The normalized spacial score (nSPS) is 18.8. The zero-order valence-corrected chi connectivity index (χ0v) is 18.9. The molecule has 0 unspecified atom stereocenters. The van der Waals surface area contributed by atoms with Gasteiger partial charge in [0.05, 0.1) is 24.4 Å². The average molecular weight is 428 g/mol. The lowest BCUT2D eigenvalue weighted by atomic mass is 9.90. The molecule has 1 aliphatic carbocycles. The number of carbonyl (C=O) groups is 1. The van der Waals surface area contributed by atoms with Gasteiger partial charge >= 0.3 is 0 Å². The van der Waals surface area contributed by atoms with Crippen LogP contribution in [0.1, 0.15) is 48.3 Å². The molecule has 4 rings (SSSR count). The molecule has 2 heterocycles. The molecular formula is C24H33N3O4. The highest BCUT2D eigenvalue weighted by Gasteiger charge is 2.45. The van der Waals surface area contributed by atoms with Gasteiger partial charge in [-0.1, -0.05) is 30.1 Å². The minimum Gasteiger partial charge on any atom is -0.489 e. The molecule has 1 spiro atoms. The van der Waals surface area contributed by atoms with Crippen LogP contribution in [0.3, 0.4) is 0 Å². The van der Waals surface area contributed by atoms with Crippen molar-refractivity contribution in [2.75, 3.05) is 33.4 Å². The van der Waals surface area contributed by atoms with Crippen LogP contribution in [-0.4, -0.2) is 59.8 Å². The SMILES string of the molecule is COCCN1CC2(CCCC2)N(Cc2ccc(OCc3c(C)noc3C)cc2)CC1=O. The van der Waals surface area contributed by atoms with Crippen molar-refractivity contribution in [2.45, 2.75) is 58.2 Å². The van der Waals surface area contributed by atoms with Gasteiger partial charge in [-0.2, -0.15) is 0 Å². The van der Waals surface area contributed by atoms with Crippen LogP contribution in [0, 0.1) is 13.8 Å². The summed E-state index contributed by atoms with van der Waals surface area (Å²) in [6, 6.07) is 8.22. The van der Waals surface area contributed by atoms with Crippen LogP contribution in [0.25, 0.3) is 0 Å². The Morgan fingerprint density at radius 2 is 1.90 bits per heavy atom. The monoisotopic (exact) mass is 427 g/mol. The second-order valence-corrected chi connectivity index (χ2v) is 8.83. The summed E-state index contributed by atoms with van der Waals surface area (Å²) in [5.74, 6) is 1.82. The number of ether oxygens (including phenoxy) is 2. The Labute approximate surface area is 184 Å². The molecule has 1 aromatic carbocycles. The van der Waals surface area contributed by atoms with Crippen molar-refractivity contribution >= 4 is 5.91 Å². The lowest BCUT2D eigenvalue weighted by Gasteiger charge is -2.49. The molecular weight excluding hydrogens is 394 g/mol. The van der Waals surface area contributed by atoms with Crippen molar-refractivity contribution in [3.63, 3.8) is 0 Å². The minimum atomic E-state index is 0.0974. The van der Waals surface area contributed by atoms with Crippen molar-refractivity contribution in [2.24, 2.45) is 0 Å². The van der Waals surface area contributed by atoms with Gasteiger partial charge in [0.15, 0.2) is 0 Å². The van der Waals surface area contributed by atoms with E-state index in [0.717, 1.165) is 48.7 Å². The molecule has 0 bridgehead atoms. The van der Waals surface area contributed by atoms with Gasteiger partial charge in [0, 0.05) is 32.3 Å². The standard InChI is InChI=1S/C24H33N3O4/c1-18-22(19(2)31-25-18)16-30-21-8-6-20(7-9-21)14-27-15-23(28)26(12-13-29-3)17-24(27)10-4-5-11-24/h6-9H,4-5,10-17H2,1-3H3. The number of methoxy groups -OCH3 is 1. The number of amides is 1. The first-order valence-corrected chi connectivity index (χ1v) is 11.2. The number of hydrogen-bond acceptors (Lipinski definition) is 6. The van der Waals surface area contributed by atoms with E-state index < -0.39 is 0 Å². The average Bonchev–Trinajstić information content (AvgIpc) is 3.36. The number of aryl methyl sites for hydroxylation is 2. The van der Waals surface area contributed by atoms with Gasteiger partial charge in [0.1, 0.15) is 18.1 Å². The van der Waals surface area contributed by atoms with Crippen molar-refractivity contribution in [3.05, 3.63) is 46.8 Å². The maximum Gasteiger partial charge on any atom is 0.236 e. The zero-order valence-electron chi connectivity index (χ0n) is 18.9. The highest BCUT2D eigenvalue weighted by atomic mass is 16.5. The Balaban J connectivity index is 1.40. The van der Waals surface area contributed by atoms with Gasteiger partial charge < -0.3 is 18.9 Å². The number of benzene rings is 1. The number of aromatic nitrogens is 1. The van der Waals surface area contributed by atoms with Crippen LogP contribution in [0.5, 0.6) is 5.75 Å². The smallest absolute Gasteiger partial charge is 0.236 e. The molecule has 2 aromatic rings. The molecule has 0 N–H and O–H groups in total. The summed E-state index contributed by atoms with van der Waals surface area (Å²) < 4.78 is 16.3. The number of nitrogens with zero attached hydrogens (tertiary/aromatic N) is 3. The van der Waals surface area contributed by atoms with E-state index in [1.165, 1.54) is 18.4 Å². The van der Waals surface area contributed by atoms with Gasteiger partial charge in [0.2, 0.25) is 5.91 Å². The second-order valence-electron chi connectivity index (χ2n) is 8.83. The molecule has 0 radical (unpaired) electrons. The largest absolute Gasteiger partial charge is 0.489 e. The van der Waals surface area contributed by atoms with Crippen LogP contribution in [0.4, 0.5) is 0 Å². The lowest BCUT2D eigenvalue weighted by molar-refractivity contribution is -0.144. The maximum atomic E-state index is 12.7. The van der Waals surface area contributed by atoms with Gasteiger partial charge in [-0.05, 0) is 44.4 Å². The number of rotatable bonds is 8. The third kappa shape index (κ3) is 4.77. The summed E-state index contributed by atoms with van der Waals surface area (Å²) in [5, 5.41) is 3.97. The highest BCUT2D eigenvalue weighted by Crippen LogP contribution is 2.39. The third-order valence-corrected chi connectivity index (χ3v) is 6.80. The summed E-state index contributed by atoms with van der Waals surface area (Å²) >= 11 is 0. The molecule has 2 aliphatic rings. The number of hydrogen-bond donors (Lipinski definition) is 0. The molecule has 7 nitrogen and oxygen atoms in total. The van der Waals surface area contributed by atoms with Gasteiger partial charge in [-0.25, -0.2) is 0 Å². The Morgan fingerprint density at radius 3 is 2.55 bits per heavy atom. The van der Waals surface area contributed by atoms with Crippen molar-refractivity contribution in [1.29, 1.82) is 0 Å². The van der Waals surface area contributed by atoms with E-state index in [2.05, 4.69) is 22.2 Å². The summed E-state index contributed by atoms with van der Waals surface area (Å²) in [5.41, 5.74) is 3.16. The van der Waals surface area contributed by atoms with Gasteiger partial charge in [0.25, 0.3) is 0 Å². The van der Waals surface area contributed by atoms with E-state index in [9.17, 15) is 4.79 Å². The van der Waals surface area contributed by atoms with Crippen LogP contribution in [0.2, 0.25) is 0 Å². The van der Waals surface area contributed by atoms with Crippen LogP contribution < -0.4 is 4.74 Å². The number of piperazine rings is 1. The molecule has 0 atom stereocenters. The van der Waals surface area contributed by atoms with Crippen molar-refractivity contribution in [1.82, 2.24) is 15.0 Å². The Bertz CT molecular complexity index is 867. The van der Waals surface area contributed by atoms with E-state index >= 15 is 0 Å². The molecule has 1 amide bonds. The summed E-state index contributed by atoms with van der Waals surface area (Å²) in [7, 11) is 1.69. The van der Waals surface area contributed by atoms with E-state index in [1.54, 1.807) is 7.11 Å². The first kappa shape index (κ1) is 21.8. The van der Waals surface area contributed by atoms with E-state index in [1.807, 2.05) is 30.9 Å². The van der Waals surface area contributed by atoms with E-state index in [0.29, 0.717) is 26.3 Å². The molecule has 1 aromatic heterocycles. The molecule has 7 heteroatoms. The summed E-state index contributed by atoms with van der Waals surface area (Å²) in [6.45, 7) is 7.63. The summed E-state index contributed by atoms with van der Waals surface area (Å²) in [4.78, 5) is 17.1. The van der Waals surface area contributed by atoms with Gasteiger partial charge in [-0.15, -0.1) is 0 Å². The Morgan fingerprint density at radius 1 is 1.16 bits per heavy atom. The van der Waals surface area contributed by atoms with Crippen molar-refractivity contribution < 1.29 is 18.8 Å². The van der Waals surface area contributed by atoms with E-state index in [4.69, 9.17) is 14.0 Å². The predicted octanol–water partition coefficient (Wildman–Crippen LogP) is 3.47. The highest BCUT2D eigenvalue weighted by molar-refractivity contribution is 5.79. The van der Waals surface area contributed by atoms with Gasteiger partial charge in [-0.3, -0.25) is 9.69 Å². The molecule has 1 saturated heterocycles. The van der Waals surface area contributed by atoms with Crippen molar-refractivity contribution in [3.8, 4) is 5.75 Å². The first-order valence-electron chi connectivity index (χ1n) is 11.2. The van der Waals surface area contributed by atoms with Crippen LogP contribution in [0.15, 0.2) is 28.8 Å². The zero-order chi connectivity index (χ0) is 21.8. The minimum absolute atomic E-state index is 0.0974. The molecule has 1 saturated carbocycles. The Kier molecular flexibility index (Phi) is 6.62. The topological polar surface area (TPSA) is 68.0 Å². The molecule has 2 fully saturated rings. The molecule has 168 valence electrons. The fraction of sp³-hybridized carbons (Fsp3) is 0.583. The summed E-state index contributed by atoms with van der Waals surface area (Å²) in [6.07, 6.45) is 4.78. The fourth-order valence-electron chi connectivity index (χ4n) is 4.89. The molecule has 31 heavy (non-hydrogen) atoms. The first-order chi connectivity index (χ1) is 15.0. The Hall–Kier alpha value is -2.38. The van der Waals surface area contributed by atoms with E-state index in [-0.39, 0.29) is 11.4 Å². The maximum absolute atomic E-state index is 12.7. The third-order valence-electron chi connectivity index (χ3n) is 6.80. The second kappa shape index (κ2) is 9.40. The number of carbonyl (C=O) groups excluding carboxylic acids is 1. The van der Waals surface area contributed by atoms with Crippen LogP contribution >= 0.6 is 0 Å². The van der Waals surface area contributed by atoms with Crippen LogP contribution in [-0.2, 0) is 22.7 Å². The quantitative estimate of drug-likeness (QED) is 0.643.